The molecule has 1 aromatic heterocycles. The zero-order valence-electron chi connectivity index (χ0n) is 21.0. The van der Waals surface area contributed by atoms with Gasteiger partial charge in [0.1, 0.15) is 11.5 Å². The molecular weight excluding hydrogens is 485 g/mol. The van der Waals surface area contributed by atoms with Crippen molar-refractivity contribution in [1.82, 2.24) is 20.1 Å². The van der Waals surface area contributed by atoms with Gasteiger partial charge in [-0.05, 0) is 49.6 Å². The fourth-order valence-corrected chi connectivity index (χ4v) is 4.45. The molecule has 0 spiro atoms. The Labute approximate surface area is 213 Å². The van der Waals surface area contributed by atoms with Crippen molar-refractivity contribution in [3.63, 3.8) is 0 Å². The molecule has 1 atom stereocenters. The smallest absolute Gasteiger partial charge is 0.270 e. The monoisotopic (exact) mass is 521 g/mol. The van der Waals surface area contributed by atoms with Gasteiger partial charge in [0.15, 0.2) is 5.84 Å². The number of carbonyl (C=O) groups is 1. The minimum absolute atomic E-state index is 0.153. The first kappa shape index (κ1) is 29.3. The number of hydrazone groups is 1. The number of benzene rings is 1. The lowest BCUT2D eigenvalue weighted by atomic mass is 9.96. The molecule has 1 saturated carbocycles. The van der Waals surface area contributed by atoms with Crippen LogP contribution >= 0.6 is 0 Å². The van der Waals surface area contributed by atoms with Gasteiger partial charge in [0.2, 0.25) is 0 Å². The number of nitrogens with one attached hydrogen (secondary N) is 2. The number of aromatic nitrogens is 1. The standard InChI is InChI=1S/C17H21FN6O2.C7H15NOS/c1-10-5-12(16(19)23-24(2)20)7-15(22-10)17(26)21-8-11-3-4-14(18)13(6-11)9-25;1-10(9)8-7-5-3-2-4-6-7/h3-7,25H,8-9,20H2,1-2H3,(H2,19,23)(H,21,26);7-8H,2-6H2,1H3. The third-order valence-electron chi connectivity index (χ3n) is 5.42. The van der Waals surface area contributed by atoms with Gasteiger partial charge in [-0.15, -0.1) is 5.10 Å². The van der Waals surface area contributed by atoms with Crippen molar-refractivity contribution in [2.24, 2.45) is 16.7 Å². The largest absolute Gasteiger partial charge is 0.392 e. The first-order valence-electron chi connectivity index (χ1n) is 11.7. The van der Waals surface area contributed by atoms with Crippen LogP contribution in [0, 0.1) is 12.7 Å². The number of aliphatic hydroxyl groups is 1. The van der Waals surface area contributed by atoms with Gasteiger partial charge in [-0.3, -0.25) is 4.79 Å². The Morgan fingerprint density at radius 3 is 2.58 bits per heavy atom. The summed E-state index contributed by atoms with van der Waals surface area (Å²) in [5.74, 6) is 4.68. The molecule has 10 nitrogen and oxygen atoms in total. The molecule has 1 unspecified atom stereocenters. The van der Waals surface area contributed by atoms with Gasteiger partial charge >= 0.3 is 0 Å². The van der Waals surface area contributed by atoms with Crippen molar-refractivity contribution in [2.75, 3.05) is 13.3 Å². The molecule has 0 bridgehead atoms. The van der Waals surface area contributed by atoms with Crippen LogP contribution in [0.15, 0.2) is 35.4 Å². The number of aliphatic hydroxyl groups excluding tert-OH is 1. The summed E-state index contributed by atoms with van der Waals surface area (Å²) in [6, 6.07) is 8.00. The molecule has 1 aromatic carbocycles. The number of pyridine rings is 1. The van der Waals surface area contributed by atoms with E-state index in [0.29, 0.717) is 22.9 Å². The minimum atomic E-state index is -0.813. The van der Waals surface area contributed by atoms with Crippen LogP contribution < -0.4 is 21.6 Å². The van der Waals surface area contributed by atoms with Crippen molar-refractivity contribution < 1.29 is 18.5 Å². The number of hydrazine groups is 1. The SMILES string of the molecule is CS(=O)NC1CCCCC1.Cc1cc(/C(N)=N/N(C)N)cc(C(=O)NCc2ccc(F)c(CO)c2)n1. The number of hydrogen-bond donors (Lipinski definition) is 5. The zero-order valence-corrected chi connectivity index (χ0v) is 21.8. The summed E-state index contributed by atoms with van der Waals surface area (Å²) in [4.78, 5) is 16.6. The highest BCUT2D eigenvalue weighted by molar-refractivity contribution is 7.82. The van der Waals surface area contributed by atoms with Crippen molar-refractivity contribution in [2.45, 2.75) is 58.2 Å². The third-order valence-corrected chi connectivity index (χ3v) is 6.08. The van der Waals surface area contributed by atoms with Crippen molar-refractivity contribution in [3.05, 3.63) is 64.2 Å². The second-order valence-corrected chi connectivity index (χ2v) is 9.76. The number of aryl methyl sites for hydroxylation is 1. The predicted octanol–water partition coefficient (Wildman–Crippen LogP) is 1.58. The highest BCUT2D eigenvalue weighted by Crippen LogP contribution is 2.17. The van der Waals surface area contributed by atoms with E-state index >= 15 is 0 Å². The highest BCUT2D eigenvalue weighted by atomic mass is 32.2. The van der Waals surface area contributed by atoms with Crippen molar-refractivity contribution >= 4 is 22.7 Å². The van der Waals surface area contributed by atoms with Gasteiger partial charge in [0, 0.05) is 42.7 Å². The Hall–Kier alpha value is -2.93. The minimum Gasteiger partial charge on any atom is -0.392 e. The van der Waals surface area contributed by atoms with E-state index in [-0.39, 0.29) is 23.6 Å². The number of carbonyl (C=O) groups excluding carboxylic acids is 1. The van der Waals surface area contributed by atoms with Gasteiger partial charge in [-0.1, -0.05) is 25.3 Å². The highest BCUT2D eigenvalue weighted by Gasteiger charge is 2.13. The van der Waals surface area contributed by atoms with E-state index < -0.39 is 29.3 Å². The molecule has 1 heterocycles. The van der Waals surface area contributed by atoms with Crippen molar-refractivity contribution in [3.8, 4) is 0 Å². The van der Waals surface area contributed by atoms with Gasteiger partial charge in [-0.25, -0.2) is 29.3 Å². The lowest BCUT2D eigenvalue weighted by Crippen LogP contribution is -2.31. The summed E-state index contributed by atoms with van der Waals surface area (Å²) in [5, 5.41) is 16.8. The average molecular weight is 522 g/mol. The van der Waals surface area contributed by atoms with Crippen LogP contribution in [0.3, 0.4) is 0 Å². The molecule has 1 aliphatic rings. The number of hydrogen-bond acceptors (Lipinski definition) is 7. The van der Waals surface area contributed by atoms with E-state index in [1.165, 1.54) is 63.4 Å². The number of nitrogens with two attached hydrogens (primary N) is 2. The Kier molecular flexibility index (Phi) is 11.9. The molecule has 7 N–H and O–H groups in total. The molecular formula is C24H36FN7O3S. The van der Waals surface area contributed by atoms with Crippen molar-refractivity contribution in [1.29, 1.82) is 0 Å². The van der Waals surface area contributed by atoms with Crippen LogP contribution in [0.25, 0.3) is 0 Å². The summed E-state index contributed by atoms with van der Waals surface area (Å²) >= 11 is 0. The maximum atomic E-state index is 13.4. The molecule has 0 aliphatic heterocycles. The number of halogens is 1. The fraction of sp³-hybridized carbons (Fsp3) is 0.458. The van der Waals surface area contributed by atoms with E-state index in [0.717, 1.165) is 5.12 Å². The molecule has 1 amide bonds. The molecule has 198 valence electrons. The Bertz CT molecular complexity index is 1080. The molecule has 36 heavy (non-hydrogen) atoms. The first-order valence-corrected chi connectivity index (χ1v) is 13.2. The summed E-state index contributed by atoms with van der Waals surface area (Å²) in [5.41, 5.74) is 7.96. The number of nitrogens with zero attached hydrogens (tertiary/aromatic N) is 3. The predicted molar refractivity (Wildman–Crippen MR) is 139 cm³/mol. The van der Waals surface area contributed by atoms with Crippen LogP contribution in [-0.4, -0.2) is 50.5 Å². The second kappa shape index (κ2) is 14.6. The van der Waals surface area contributed by atoms with E-state index in [1.54, 1.807) is 19.2 Å². The van der Waals surface area contributed by atoms with Crippen LogP contribution in [0.4, 0.5) is 4.39 Å². The number of rotatable bonds is 8. The van der Waals surface area contributed by atoms with Crippen LogP contribution in [-0.2, 0) is 24.1 Å². The first-order chi connectivity index (χ1) is 17.1. The average Bonchev–Trinajstić information content (AvgIpc) is 2.83. The topological polar surface area (TPSA) is 159 Å². The van der Waals surface area contributed by atoms with E-state index in [9.17, 15) is 13.4 Å². The molecule has 2 aromatic rings. The molecule has 1 aliphatic carbocycles. The molecule has 0 radical (unpaired) electrons. The maximum absolute atomic E-state index is 13.4. The Balaban J connectivity index is 0.000000380. The Morgan fingerprint density at radius 1 is 1.28 bits per heavy atom. The van der Waals surface area contributed by atoms with Gasteiger partial charge in [0.05, 0.1) is 17.6 Å². The lowest BCUT2D eigenvalue weighted by molar-refractivity contribution is 0.0945. The normalized spacial score (nSPS) is 15.0. The summed E-state index contributed by atoms with van der Waals surface area (Å²) in [6.45, 7) is 1.48. The van der Waals surface area contributed by atoms with Gasteiger partial charge in [-0.2, -0.15) is 0 Å². The molecule has 12 heteroatoms. The summed E-state index contributed by atoms with van der Waals surface area (Å²) < 4.78 is 27.2. The van der Waals surface area contributed by atoms with E-state index in [1.807, 2.05) is 0 Å². The Morgan fingerprint density at radius 2 is 1.97 bits per heavy atom. The van der Waals surface area contributed by atoms with Crippen LogP contribution in [0.5, 0.6) is 0 Å². The molecule has 3 rings (SSSR count). The lowest BCUT2D eigenvalue weighted by Gasteiger charge is -2.20. The number of amides is 1. The fourth-order valence-electron chi connectivity index (χ4n) is 3.75. The summed E-state index contributed by atoms with van der Waals surface area (Å²) in [6.07, 6.45) is 8.08. The summed E-state index contributed by atoms with van der Waals surface area (Å²) in [7, 11) is 0.713. The third kappa shape index (κ3) is 9.97. The maximum Gasteiger partial charge on any atom is 0.270 e. The van der Waals surface area contributed by atoms with E-state index in [2.05, 4.69) is 20.1 Å². The van der Waals surface area contributed by atoms with Crippen LogP contribution in [0.1, 0.15) is 65.0 Å². The molecule has 1 fully saturated rings. The molecule has 0 saturated heterocycles. The van der Waals surface area contributed by atoms with E-state index in [4.69, 9.17) is 16.7 Å². The zero-order chi connectivity index (χ0) is 26.7. The quantitative estimate of drug-likeness (QED) is 0.153. The van der Waals surface area contributed by atoms with Gasteiger partial charge < -0.3 is 16.2 Å². The van der Waals surface area contributed by atoms with Crippen LogP contribution in [0.2, 0.25) is 0 Å². The van der Waals surface area contributed by atoms with Gasteiger partial charge in [0.25, 0.3) is 5.91 Å². The second-order valence-electron chi connectivity index (χ2n) is 8.61. The number of amidine groups is 1.